The summed E-state index contributed by atoms with van der Waals surface area (Å²) in [5, 5.41) is 3.42. The van der Waals surface area contributed by atoms with Crippen LogP contribution in [0.2, 0.25) is 0 Å². The lowest BCUT2D eigenvalue weighted by atomic mass is 10.1. The van der Waals surface area contributed by atoms with E-state index in [-0.39, 0.29) is 11.4 Å². The number of amides is 1. The summed E-state index contributed by atoms with van der Waals surface area (Å²) in [5.74, 6) is -0.219. The Morgan fingerprint density at radius 3 is 2.24 bits per heavy atom. The molecule has 1 aromatic carbocycles. The lowest BCUT2D eigenvalue weighted by Crippen LogP contribution is -2.52. The van der Waals surface area contributed by atoms with Crippen LogP contribution in [0.5, 0.6) is 0 Å². The molecule has 0 aliphatic rings. The van der Waals surface area contributed by atoms with Gasteiger partial charge in [-0.15, -0.1) is 0 Å². The van der Waals surface area contributed by atoms with Gasteiger partial charge < -0.3 is 5.32 Å². The first-order chi connectivity index (χ1) is 7.88. The van der Waals surface area contributed by atoms with E-state index in [1.807, 2.05) is 26.8 Å². The van der Waals surface area contributed by atoms with Crippen molar-refractivity contribution in [2.45, 2.75) is 26.3 Å². The van der Waals surface area contributed by atoms with Crippen LogP contribution < -0.4 is 16.2 Å². The van der Waals surface area contributed by atoms with Gasteiger partial charge in [0.1, 0.15) is 0 Å². The molecule has 0 aliphatic heterocycles. The molecule has 0 radical (unpaired) electrons. The molecule has 1 rings (SSSR count). The van der Waals surface area contributed by atoms with Crippen LogP contribution in [-0.4, -0.2) is 16.6 Å². The van der Waals surface area contributed by atoms with E-state index in [1.165, 1.54) is 0 Å². The fraction of sp³-hybridized carbons (Fsp3) is 0.333. The Kier molecular flexibility index (Phi) is 4.45. The van der Waals surface area contributed by atoms with Crippen LogP contribution in [0.25, 0.3) is 0 Å². The maximum absolute atomic E-state index is 11.7. The molecule has 0 heterocycles. The minimum Gasteiger partial charge on any atom is -0.357 e. The SMILES string of the molecule is CC(C)(C)NC(=S)NNC(=O)c1ccccc1. The molecular formula is C12H17N3OS. The number of rotatable bonds is 1. The Bertz CT molecular complexity index is 398. The largest absolute Gasteiger partial charge is 0.357 e. The Labute approximate surface area is 107 Å². The molecule has 0 spiro atoms. The van der Waals surface area contributed by atoms with Crippen LogP contribution in [0.15, 0.2) is 30.3 Å². The highest BCUT2D eigenvalue weighted by Crippen LogP contribution is 1.98. The van der Waals surface area contributed by atoms with E-state index < -0.39 is 0 Å². The lowest BCUT2D eigenvalue weighted by molar-refractivity contribution is 0.0943. The van der Waals surface area contributed by atoms with Crippen molar-refractivity contribution in [3.63, 3.8) is 0 Å². The highest BCUT2D eigenvalue weighted by Gasteiger charge is 2.11. The number of nitrogens with one attached hydrogen (secondary N) is 3. The van der Waals surface area contributed by atoms with Gasteiger partial charge in [0.25, 0.3) is 5.91 Å². The van der Waals surface area contributed by atoms with Crippen LogP contribution in [0.3, 0.4) is 0 Å². The minimum atomic E-state index is -0.219. The second-order valence-electron chi connectivity index (χ2n) is 4.65. The maximum atomic E-state index is 11.7. The van der Waals surface area contributed by atoms with Crippen molar-refractivity contribution in [2.24, 2.45) is 0 Å². The summed E-state index contributed by atoms with van der Waals surface area (Å²) in [7, 11) is 0. The molecule has 17 heavy (non-hydrogen) atoms. The second-order valence-corrected chi connectivity index (χ2v) is 5.06. The van der Waals surface area contributed by atoms with E-state index in [9.17, 15) is 4.79 Å². The van der Waals surface area contributed by atoms with Gasteiger partial charge in [-0.2, -0.15) is 0 Å². The van der Waals surface area contributed by atoms with Crippen LogP contribution >= 0.6 is 12.2 Å². The molecule has 0 saturated heterocycles. The first-order valence-electron chi connectivity index (χ1n) is 5.32. The van der Waals surface area contributed by atoms with Gasteiger partial charge in [0.15, 0.2) is 5.11 Å². The van der Waals surface area contributed by atoms with Gasteiger partial charge in [0.2, 0.25) is 0 Å². The second kappa shape index (κ2) is 5.63. The zero-order valence-corrected chi connectivity index (χ0v) is 11.0. The molecule has 1 amide bonds. The topological polar surface area (TPSA) is 53.2 Å². The zero-order chi connectivity index (χ0) is 12.9. The number of carbonyl (C=O) groups is 1. The van der Waals surface area contributed by atoms with Crippen molar-refractivity contribution < 1.29 is 4.79 Å². The first-order valence-corrected chi connectivity index (χ1v) is 5.73. The molecule has 0 saturated carbocycles. The molecule has 0 bridgehead atoms. The Morgan fingerprint density at radius 2 is 1.71 bits per heavy atom. The number of carbonyl (C=O) groups excluding carboxylic acids is 1. The van der Waals surface area contributed by atoms with E-state index >= 15 is 0 Å². The molecule has 0 unspecified atom stereocenters. The van der Waals surface area contributed by atoms with Gasteiger partial charge in [-0.1, -0.05) is 18.2 Å². The third kappa shape index (κ3) is 5.31. The third-order valence-corrected chi connectivity index (χ3v) is 2.02. The Hall–Kier alpha value is -1.62. The quantitative estimate of drug-likeness (QED) is 0.524. The number of hydrogen-bond donors (Lipinski definition) is 3. The number of benzene rings is 1. The first kappa shape index (κ1) is 13.4. The van der Waals surface area contributed by atoms with Crippen molar-refractivity contribution in [1.29, 1.82) is 0 Å². The van der Waals surface area contributed by atoms with Gasteiger partial charge >= 0.3 is 0 Å². The predicted molar refractivity (Wildman–Crippen MR) is 72.5 cm³/mol. The van der Waals surface area contributed by atoms with Crippen molar-refractivity contribution in [3.05, 3.63) is 35.9 Å². The zero-order valence-electron chi connectivity index (χ0n) is 10.2. The molecule has 1 aromatic rings. The van der Waals surface area contributed by atoms with E-state index in [2.05, 4.69) is 16.2 Å². The summed E-state index contributed by atoms with van der Waals surface area (Å²) in [6, 6.07) is 8.94. The molecule has 0 aliphatic carbocycles. The normalized spacial score (nSPS) is 10.5. The van der Waals surface area contributed by atoms with Crippen LogP contribution in [0.4, 0.5) is 0 Å². The maximum Gasteiger partial charge on any atom is 0.269 e. The molecule has 0 aromatic heterocycles. The minimum absolute atomic E-state index is 0.137. The number of hydrogen-bond acceptors (Lipinski definition) is 2. The monoisotopic (exact) mass is 251 g/mol. The summed E-state index contributed by atoms with van der Waals surface area (Å²) < 4.78 is 0. The standard InChI is InChI=1S/C12H17N3OS/c1-12(2,3)13-11(17)15-14-10(16)9-7-5-4-6-8-9/h4-8H,1-3H3,(H,14,16)(H2,13,15,17). The number of hydrazine groups is 1. The van der Waals surface area contributed by atoms with Crippen LogP contribution in [0, 0.1) is 0 Å². The molecule has 3 N–H and O–H groups in total. The molecule has 0 atom stereocenters. The smallest absolute Gasteiger partial charge is 0.269 e. The van der Waals surface area contributed by atoms with E-state index in [4.69, 9.17) is 12.2 Å². The fourth-order valence-electron chi connectivity index (χ4n) is 1.15. The molecule has 0 fully saturated rings. The molecule has 4 nitrogen and oxygen atoms in total. The average Bonchev–Trinajstić information content (AvgIpc) is 2.25. The van der Waals surface area contributed by atoms with Gasteiger partial charge in [0.05, 0.1) is 0 Å². The summed E-state index contributed by atoms with van der Waals surface area (Å²) in [6.07, 6.45) is 0. The van der Waals surface area contributed by atoms with Crippen molar-refractivity contribution >= 4 is 23.2 Å². The highest BCUT2D eigenvalue weighted by atomic mass is 32.1. The van der Waals surface area contributed by atoms with E-state index in [1.54, 1.807) is 24.3 Å². The lowest BCUT2D eigenvalue weighted by Gasteiger charge is -2.23. The molecule has 5 heteroatoms. The van der Waals surface area contributed by atoms with Crippen LogP contribution in [0.1, 0.15) is 31.1 Å². The average molecular weight is 251 g/mol. The predicted octanol–water partition coefficient (Wildman–Crippen LogP) is 1.59. The fourth-order valence-corrected chi connectivity index (χ4v) is 1.50. The number of thiocarbonyl (C=S) groups is 1. The summed E-state index contributed by atoms with van der Waals surface area (Å²) in [4.78, 5) is 11.7. The van der Waals surface area contributed by atoms with Crippen molar-refractivity contribution in [2.75, 3.05) is 0 Å². The van der Waals surface area contributed by atoms with Gasteiger partial charge in [-0.3, -0.25) is 15.6 Å². The van der Waals surface area contributed by atoms with E-state index in [0.717, 1.165) is 0 Å². The van der Waals surface area contributed by atoms with Gasteiger partial charge in [-0.25, -0.2) is 0 Å². The van der Waals surface area contributed by atoms with Gasteiger partial charge in [-0.05, 0) is 45.1 Å². The van der Waals surface area contributed by atoms with Gasteiger partial charge in [0, 0.05) is 11.1 Å². The Balaban J connectivity index is 2.42. The Morgan fingerprint density at radius 1 is 1.12 bits per heavy atom. The van der Waals surface area contributed by atoms with Crippen LogP contribution in [-0.2, 0) is 0 Å². The summed E-state index contributed by atoms with van der Waals surface area (Å²) in [5.41, 5.74) is 5.63. The molecule has 92 valence electrons. The van der Waals surface area contributed by atoms with Crippen molar-refractivity contribution in [1.82, 2.24) is 16.2 Å². The highest BCUT2D eigenvalue weighted by molar-refractivity contribution is 7.80. The van der Waals surface area contributed by atoms with E-state index in [0.29, 0.717) is 10.7 Å². The summed E-state index contributed by atoms with van der Waals surface area (Å²) >= 11 is 5.03. The third-order valence-electron chi connectivity index (χ3n) is 1.81. The summed E-state index contributed by atoms with van der Waals surface area (Å²) in [6.45, 7) is 5.96. The van der Waals surface area contributed by atoms with Crippen molar-refractivity contribution in [3.8, 4) is 0 Å². The molecular weight excluding hydrogens is 234 g/mol.